The Kier molecular flexibility index (Phi) is 4.23. The Labute approximate surface area is 99.1 Å². The summed E-state index contributed by atoms with van der Waals surface area (Å²) in [5.74, 6) is -0.839. The van der Waals surface area contributed by atoms with Gasteiger partial charge in [-0.1, -0.05) is 32.1 Å². The van der Waals surface area contributed by atoms with E-state index in [4.69, 9.17) is 5.11 Å². The van der Waals surface area contributed by atoms with Crippen molar-refractivity contribution >= 4 is 22.4 Å². The van der Waals surface area contributed by atoms with Gasteiger partial charge in [0.2, 0.25) is 5.13 Å². The maximum atomic E-state index is 10.7. The highest BCUT2D eigenvalue weighted by Crippen LogP contribution is 2.25. The van der Waals surface area contributed by atoms with Gasteiger partial charge in [-0.05, 0) is 0 Å². The van der Waals surface area contributed by atoms with Crippen LogP contribution in [0.1, 0.15) is 31.7 Å². The van der Waals surface area contributed by atoms with E-state index in [9.17, 15) is 4.79 Å². The number of anilines is 1. The lowest BCUT2D eigenvalue weighted by Crippen LogP contribution is -2.28. The second-order valence-corrected chi connectivity index (χ2v) is 5.18. The first-order valence-electron chi connectivity index (χ1n) is 5.19. The summed E-state index contributed by atoms with van der Waals surface area (Å²) in [6.45, 7) is 6.25. The third kappa shape index (κ3) is 3.16. The molecular weight excluding hydrogens is 226 g/mol. The summed E-state index contributed by atoms with van der Waals surface area (Å²) in [7, 11) is 1.84. The van der Waals surface area contributed by atoms with Crippen LogP contribution < -0.4 is 4.90 Å². The molecule has 0 radical (unpaired) electrons. The number of hydrogen-bond donors (Lipinski definition) is 1. The number of aliphatic carboxylic acids is 1. The first-order valence-corrected chi connectivity index (χ1v) is 6.00. The molecule has 0 aliphatic rings. The Hall–Kier alpha value is -1.17. The molecule has 1 atom stereocenters. The van der Waals surface area contributed by atoms with E-state index in [0.717, 1.165) is 10.1 Å². The third-order valence-corrected chi connectivity index (χ3v) is 3.56. The minimum absolute atomic E-state index is 0.358. The highest BCUT2D eigenvalue weighted by atomic mass is 32.1. The van der Waals surface area contributed by atoms with Gasteiger partial charge in [0, 0.05) is 19.5 Å². The van der Waals surface area contributed by atoms with Crippen molar-refractivity contribution in [1.82, 2.24) is 10.2 Å². The zero-order chi connectivity index (χ0) is 12.3. The van der Waals surface area contributed by atoms with Crippen LogP contribution >= 0.6 is 11.3 Å². The molecule has 0 bridgehead atoms. The van der Waals surface area contributed by atoms with Crippen LogP contribution in [0.25, 0.3) is 0 Å². The third-order valence-electron chi connectivity index (χ3n) is 2.22. The van der Waals surface area contributed by atoms with Gasteiger partial charge in [-0.2, -0.15) is 0 Å². The van der Waals surface area contributed by atoms with Crippen molar-refractivity contribution in [2.75, 3.05) is 18.5 Å². The zero-order valence-corrected chi connectivity index (χ0v) is 10.8. The predicted molar refractivity (Wildman–Crippen MR) is 64.1 cm³/mol. The number of aromatic nitrogens is 2. The fourth-order valence-corrected chi connectivity index (χ4v) is 2.00. The molecule has 0 aromatic carbocycles. The summed E-state index contributed by atoms with van der Waals surface area (Å²) < 4.78 is 0. The van der Waals surface area contributed by atoms with Crippen LogP contribution in [0.2, 0.25) is 0 Å². The molecule has 1 N–H and O–H groups in total. The van der Waals surface area contributed by atoms with Crippen LogP contribution in [0, 0.1) is 5.92 Å². The van der Waals surface area contributed by atoms with Gasteiger partial charge in [-0.15, -0.1) is 10.2 Å². The predicted octanol–water partition coefficient (Wildman–Crippen LogP) is 1.82. The molecule has 0 aliphatic carbocycles. The molecule has 6 heteroatoms. The van der Waals surface area contributed by atoms with E-state index in [1.807, 2.05) is 11.9 Å². The molecule has 0 saturated carbocycles. The van der Waals surface area contributed by atoms with E-state index in [2.05, 4.69) is 24.0 Å². The molecule has 0 aliphatic heterocycles. The van der Waals surface area contributed by atoms with Crippen LogP contribution in [0.15, 0.2) is 0 Å². The Bertz CT molecular complexity index is 365. The normalized spacial score (nSPS) is 12.8. The summed E-state index contributed by atoms with van der Waals surface area (Å²) in [5.41, 5.74) is 0. The van der Waals surface area contributed by atoms with E-state index in [1.165, 1.54) is 11.3 Å². The molecule has 1 rings (SSSR count). The number of nitrogens with zero attached hydrogens (tertiary/aromatic N) is 3. The standard InChI is InChI=1S/C10H17N3O2S/c1-6(2)8-11-12-10(16-8)13(4)5-7(3)9(14)15/h6-7H,5H2,1-4H3,(H,14,15). The quantitative estimate of drug-likeness (QED) is 0.854. The van der Waals surface area contributed by atoms with Gasteiger partial charge >= 0.3 is 5.97 Å². The van der Waals surface area contributed by atoms with Crippen molar-refractivity contribution < 1.29 is 9.90 Å². The number of carboxylic acid groups (broad SMARTS) is 1. The highest BCUT2D eigenvalue weighted by Gasteiger charge is 2.17. The van der Waals surface area contributed by atoms with Crippen molar-refractivity contribution in [1.29, 1.82) is 0 Å². The summed E-state index contributed by atoms with van der Waals surface area (Å²) in [5, 5.41) is 18.7. The molecule has 0 amide bonds. The smallest absolute Gasteiger partial charge is 0.308 e. The topological polar surface area (TPSA) is 66.3 Å². The van der Waals surface area contributed by atoms with Crippen molar-refractivity contribution in [2.45, 2.75) is 26.7 Å². The van der Waals surface area contributed by atoms with Crippen molar-refractivity contribution in [2.24, 2.45) is 5.92 Å². The average Bonchev–Trinajstić information content (AvgIpc) is 2.65. The van der Waals surface area contributed by atoms with E-state index < -0.39 is 11.9 Å². The molecule has 16 heavy (non-hydrogen) atoms. The molecule has 1 aromatic rings. The van der Waals surface area contributed by atoms with Gasteiger partial charge in [-0.25, -0.2) is 0 Å². The molecule has 5 nitrogen and oxygen atoms in total. The van der Waals surface area contributed by atoms with Crippen LogP contribution in [-0.2, 0) is 4.79 Å². The van der Waals surface area contributed by atoms with Gasteiger partial charge in [0.25, 0.3) is 0 Å². The van der Waals surface area contributed by atoms with Gasteiger partial charge in [0.05, 0.1) is 5.92 Å². The first-order chi connectivity index (χ1) is 7.41. The molecule has 0 saturated heterocycles. The van der Waals surface area contributed by atoms with Crippen LogP contribution in [-0.4, -0.2) is 34.9 Å². The molecule has 1 unspecified atom stereocenters. The van der Waals surface area contributed by atoms with Crippen LogP contribution in [0.4, 0.5) is 5.13 Å². The second-order valence-electron chi connectivity index (χ2n) is 4.20. The fourth-order valence-electron chi connectivity index (χ4n) is 1.18. The molecule has 1 aromatic heterocycles. The minimum atomic E-state index is -0.791. The van der Waals surface area contributed by atoms with E-state index >= 15 is 0 Å². The SMILES string of the molecule is CC(CN(C)c1nnc(C(C)C)s1)C(=O)O. The van der Waals surface area contributed by atoms with E-state index in [1.54, 1.807) is 6.92 Å². The number of carboxylic acids is 1. The van der Waals surface area contributed by atoms with Gasteiger partial charge < -0.3 is 10.0 Å². The summed E-state index contributed by atoms with van der Waals surface area (Å²) in [6.07, 6.45) is 0. The van der Waals surface area contributed by atoms with E-state index in [-0.39, 0.29) is 0 Å². The second kappa shape index (κ2) is 5.25. The number of hydrogen-bond acceptors (Lipinski definition) is 5. The summed E-state index contributed by atoms with van der Waals surface area (Å²) in [4.78, 5) is 12.6. The van der Waals surface area contributed by atoms with Gasteiger partial charge in [0.15, 0.2) is 0 Å². The molecule has 0 spiro atoms. The van der Waals surface area contributed by atoms with Crippen LogP contribution in [0.5, 0.6) is 0 Å². The number of rotatable bonds is 5. The average molecular weight is 243 g/mol. The molecular formula is C10H17N3O2S. The zero-order valence-electron chi connectivity index (χ0n) is 9.97. The lowest BCUT2D eigenvalue weighted by atomic mass is 10.2. The van der Waals surface area contributed by atoms with Gasteiger partial charge in [-0.3, -0.25) is 4.79 Å². The maximum absolute atomic E-state index is 10.7. The van der Waals surface area contributed by atoms with Crippen molar-refractivity contribution in [3.05, 3.63) is 5.01 Å². The number of carbonyl (C=O) groups is 1. The molecule has 0 fully saturated rings. The Morgan fingerprint density at radius 1 is 1.44 bits per heavy atom. The van der Waals surface area contributed by atoms with Crippen LogP contribution in [0.3, 0.4) is 0 Å². The summed E-state index contributed by atoms with van der Waals surface area (Å²) in [6, 6.07) is 0. The largest absolute Gasteiger partial charge is 0.481 e. The van der Waals surface area contributed by atoms with Crippen molar-refractivity contribution in [3.63, 3.8) is 0 Å². The summed E-state index contributed by atoms with van der Waals surface area (Å²) >= 11 is 1.51. The Balaban J connectivity index is 2.65. The molecule has 90 valence electrons. The van der Waals surface area contributed by atoms with Gasteiger partial charge in [0.1, 0.15) is 5.01 Å². The lowest BCUT2D eigenvalue weighted by Gasteiger charge is -2.17. The lowest BCUT2D eigenvalue weighted by molar-refractivity contribution is -0.140. The Morgan fingerprint density at radius 2 is 2.06 bits per heavy atom. The highest BCUT2D eigenvalue weighted by molar-refractivity contribution is 7.15. The monoisotopic (exact) mass is 243 g/mol. The fraction of sp³-hybridized carbons (Fsp3) is 0.700. The Morgan fingerprint density at radius 3 is 2.50 bits per heavy atom. The maximum Gasteiger partial charge on any atom is 0.308 e. The van der Waals surface area contributed by atoms with Crippen molar-refractivity contribution in [3.8, 4) is 0 Å². The van der Waals surface area contributed by atoms with E-state index in [0.29, 0.717) is 12.5 Å². The molecule has 1 heterocycles. The minimum Gasteiger partial charge on any atom is -0.481 e. The first kappa shape index (κ1) is 12.9.